The summed E-state index contributed by atoms with van der Waals surface area (Å²) in [4.78, 5) is 17.9. The number of carbonyl (C=O) groups excluding carboxylic acids is 1. The van der Waals surface area contributed by atoms with Crippen LogP contribution in [0.25, 0.3) is 0 Å². The van der Waals surface area contributed by atoms with Gasteiger partial charge in [0.15, 0.2) is 5.78 Å². The van der Waals surface area contributed by atoms with Gasteiger partial charge >= 0.3 is 0 Å². The standard InChI is InChI=1S/C29H23Cl3N4O2S/c30-21-6-2-1-5-18(21)16-39-29-34-28-33-24-9-4-10-25(37)26(24)27(36(28)35-29)17-11-13-19(14-12-17)38-15-20-22(31)7-3-8-23(20)32/h1-3,5-8,11-14,27H,4,9-10,15-16H2,(H,33,34,35). The van der Waals surface area contributed by atoms with Gasteiger partial charge < -0.3 is 10.1 Å². The molecule has 39 heavy (non-hydrogen) atoms. The first-order chi connectivity index (χ1) is 19.0. The average molecular weight is 598 g/mol. The molecule has 1 aliphatic carbocycles. The lowest BCUT2D eigenvalue weighted by Gasteiger charge is -2.32. The highest BCUT2D eigenvalue weighted by atomic mass is 35.5. The molecule has 2 aliphatic rings. The third-order valence-electron chi connectivity index (χ3n) is 6.80. The number of carbonyl (C=O) groups is 1. The second-order valence-electron chi connectivity index (χ2n) is 9.30. The number of ether oxygens (including phenoxy) is 1. The maximum Gasteiger partial charge on any atom is 0.227 e. The number of Topliss-reactive ketones (excluding diaryl/α,β-unsaturated/α-hetero) is 1. The van der Waals surface area contributed by atoms with E-state index in [4.69, 9.17) is 49.6 Å². The Hall–Kier alpha value is -2.97. The van der Waals surface area contributed by atoms with Gasteiger partial charge in [0.1, 0.15) is 18.4 Å². The van der Waals surface area contributed by atoms with Crippen LogP contribution in [0.1, 0.15) is 42.0 Å². The summed E-state index contributed by atoms with van der Waals surface area (Å²) < 4.78 is 7.79. The van der Waals surface area contributed by atoms with Crippen LogP contribution in [0.5, 0.6) is 5.75 Å². The third-order valence-corrected chi connectivity index (χ3v) is 8.77. The minimum absolute atomic E-state index is 0.133. The molecule has 0 spiro atoms. The van der Waals surface area contributed by atoms with Crippen LogP contribution in [0.15, 0.2) is 83.2 Å². The van der Waals surface area contributed by atoms with Crippen LogP contribution >= 0.6 is 46.6 Å². The van der Waals surface area contributed by atoms with E-state index in [1.807, 2.05) is 53.2 Å². The van der Waals surface area contributed by atoms with Gasteiger partial charge in [-0.25, -0.2) is 4.68 Å². The summed E-state index contributed by atoms with van der Waals surface area (Å²) in [7, 11) is 0. The summed E-state index contributed by atoms with van der Waals surface area (Å²) >= 11 is 20.4. The molecule has 6 nitrogen and oxygen atoms in total. The van der Waals surface area contributed by atoms with Gasteiger partial charge in [-0.2, -0.15) is 4.98 Å². The number of benzene rings is 3. The van der Waals surface area contributed by atoms with Crippen molar-refractivity contribution in [3.8, 4) is 5.75 Å². The Balaban J connectivity index is 1.27. The molecular formula is C29H23Cl3N4O2S. The van der Waals surface area contributed by atoms with Crippen LogP contribution in [-0.4, -0.2) is 20.5 Å². The molecule has 0 bridgehead atoms. The number of halogens is 3. The normalized spacial score (nSPS) is 16.5. The molecule has 1 aliphatic heterocycles. The van der Waals surface area contributed by atoms with E-state index in [1.165, 1.54) is 11.8 Å². The number of anilines is 1. The number of nitrogens with one attached hydrogen (secondary N) is 1. The fourth-order valence-electron chi connectivity index (χ4n) is 4.84. The van der Waals surface area contributed by atoms with E-state index in [1.54, 1.807) is 18.2 Å². The molecule has 6 rings (SSSR count). The van der Waals surface area contributed by atoms with Gasteiger partial charge in [0.05, 0.1) is 0 Å². The second-order valence-corrected chi connectivity index (χ2v) is 11.5. The Morgan fingerprint density at radius 3 is 2.46 bits per heavy atom. The third kappa shape index (κ3) is 5.41. The van der Waals surface area contributed by atoms with E-state index in [-0.39, 0.29) is 18.4 Å². The van der Waals surface area contributed by atoms with Gasteiger partial charge in [0.2, 0.25) is 11.1 Å². The number of thioether (sulfide) groups is 1. The zero-order chi connectivity index (χ0) is 26.9. The van der Waals surface area contributed by atoms with Crippen molar-refractivity contribution in [2.45, 2.75) is 42.8 Å². The molecule has 1 atom stereocenters. The van der Waals surface area contributed by atoms with Crippen molar-refractivity contribution in [3.05, 3.63) is 110 Å². The highest BCUT2D eigenvalue weighted by Crippen LogP contribution is 2.41. The molecule has 10 heteroatoms. The van der Waals surface area contributed by atoms with Crippen molar-refractivity contribution in [2.24, 2.45) is 0 Å². The van der Waals surface area contributed by atoms with Crippen molar-refractivity contribution >= 4 is 58.3 Å². The molecule has 3 aromatic carbocycles. The second kappa shape index (κ2) is 11.3. The van der Waals surface area contributed by atoms with Gasteiger partial charge in [-0.05, 0) is 54.3 Å². The number of rotatable bonds is 7. The molecule has 1 N–H and O–H groups in total. The van der Waals surface area contributed by atoms with Crippen LogP contribution in [-0.2, 0) is 17.2 Å². The van der Waals surface area contributed by atoms with Gasteiger partial charge in [-0.1, -0.05) is 83.0 Å². The van der Waals surface area contributed by atoms with Crippen LogP contribution < -0.4 is 10.1 Å². The predicted molar refractivity (Wildman–Crippen MR) is 156 cm³/mol. The summed E-state index contributed by atoms with van der Waals surface area (Å²) in [5, 5.41) is 10.6. The van der Waals surface area contributed by atoms with Gasteiger partial charge in [0, 0.05) is 44.1 Å². The molecule has 0 saturated heterocycles. The van der Waals surface area contributed by atoms with Crippen LogP contribution in [0.4, 0.5) is 5.95 Å². The van der Waals surface area contributed by atoms with Crippen LogP contribution in [0.2, 0.25) is 15.1 Å². The van der Waals surface area contributed by atoms with E-state index in [0.29, 0.717) is 44.1 Å². The highest BCUT2D eigenvalue weighted by molar-refractivity contribution is 7.98. The summed E-state index contributed by atoms with van der Waals surface area (Å²) in [5.74, 6) is 2.07. The molecule has 1 unspecified atom stereocenters. The topological polar surface area (TPSA) is 69.0 Å². The Morgan fingerprint density at radius 1 is 0.949 bits per heavy atom. The summed E-state index contributed by atoms with van der Waals surface area (Å²) in [6, 6.07) is 20.5. The quantitative estimate of drug-likeness (QED) is 0.217. The minimum atomic E-state index is -0.377. The van der Waals surface area contributed by atoms with E-state index >= 15 is 0 Å². The van der Waals surface area contributed by atoms with Gasteiger partial charge in [-0.3, -0.25) is 4.79 Å². The van der Waals surface area contributed by atoms with Gasteiger partial charge in [-0.15, -0.1) is 5.10 Å². The molecule has 0 fully saturated rings. The first-order valence-electron chi connectivity index (χ1n) is 12.5. The first-order valence-corrected chi connectivity index (χ1v) is 14.6. The number of fused-ring (bicyclic) bond motifs is 1. The SMILES string of the molecule is O=C1CCCC2=C1C(c1ccc(OCc3c(Cl)cccc3Cl)cc1)n1nc(SCc3ccccc3Cl)nc1N2. The lowest BCUT2D eigenvalue weighted by atomic mass is 9.85. The Labute approximate surface area is 245 Å². The molecular weight excluding hydrogens is 575 g/mol. The average Bonchev–Trinajstić information content (AvgIpc) is 3.34. The highest BCUT2D eigenvalue weighted by Gasteiger charge is 2.36. The molecule has 0 saturated carbocycles. The largest absolute Gasteiger partial charge is 0.489 e. The summed E-state index contributed by atoms with van der Waals surface area (Å²) in [5.41, 5.74) is 4.35. The van der Waals surface area contributed by atoms with E-state index in [2.05, 4.69) is 5.32 Å². The predicted octanol–water partition coefficient (Wildman–Crippen LogP) is 8.13. The molecule has 198 valence electrons. The van der Waals surface area contributed by atoms with Crippen LogP contribution in [0, 0.1) is 0 Å². The zero-order valence-electron chi connectivity index (χ0n) is 20.7. The number of hydrogen-bond acceptors (Lipinski definition) is 6. The molecule has 1 aromatic heterocycles. The minimum Gasteiger partial charge on any atom is -0.489 e. The Morgan fingerprint density at radius 2 is 1.69 bits per heavy atom. The number of allylic oxidation sites excluding steroid dienone is 2. The zero-order valence-corrected chi connectivity index (χ0v) is 23.7. The van der Waals surface area contributed by atoms with E-state index in [9.17, 15) is 4.79 Å². The van der Waals surface area contributed by atoms with E-state index in [0.717, 1.165) is 40.8 Å². The van der Waals surface area contributed by atoms with Crippen molar-refractivity contribution in [3.63, 3.8) is 0 Å². The van der Waals surface area contributed by atoms with Crippen molar-refractivity contribution in [1.82, 2.24) is 14.8 Å². The monoisotopic (exact) mass is 596 g/mol. The summed E-state index contributed by atoms with van der Waals surface area (Å²) in [6.45, 7) is 0.248. The van der Waals surface area contributed by atoms with E-state index < -0.39 is 0 Å². The maximum atomic E-state index is 13.1. The summed E-state index contributed by atoms with van der Waals surface area (Å²) in [6.07, 6.45) is 2.14. The molecule has 0 radical (unpaired) electrons. The molecule has 2 heterocycles. The van der Waals surface area contributed by atoms with Crippen molar-refractivity contribution in [2.75, 3.05) is 5.32 Å². The Bertz CT molecular complexity index is 1570. The number of nitrogens with zero attached hydrogens (tertiary/aromatic N) is 3. The Kier molecular flexibility index (Phi) is 7.58. The molecule has 0 amide bonds. The fourth-order valence-corrected chi connectivity index (χ4v) is 6.46. The number of aromatic nitrogens is 3. The van der Waals surface area contributed by atoms with Crippen molar-refractivity contribution in [1.29, 1.82) is 0 Å². The fraction of sp³-hybridized carbons (Fsp3) is 0.207. The number of ketones is 1. The molecule has 4 aromatic rings. The lowest BCUT2D eigenvalue weighted by molar-refractivity contribution is -0.116. The smallest absolute Gasteiger partial charge is 0.227 e. The first kappa shape index (κ1) is 26.3. The maximum absolute atomic E-state index is 13.1. The van der Waals surface area contributed by atoms with Gasteiger partial charge in [0.25, 0.3) is 0 Å². The van der Waals surface area contributed by atoms with Crippen LogP contribution in [0.3, 0.4) is 0 Å². The number of hydrogen-bond donors (Lipinski definition) is 1. The lowest BCUT2D eigenvalue weighted by Crippen LogP contribution is -2.31. The van der Waals surface area contributed by atoms with Crippen molar-refractivity contribution < 1.29 is 9.53 Å².